The molecule has 5 nitrogen and oxygen atoms in total. The van der Waals surface area contributed by atoms with E-state index in [2.05, 4.69) is 36.0 Å². The summed E-state index contributed by atoms with van der Waals surface area (Å²) in [5.41, 5.74) is 4.44. The fourth-order valence-corrected chi connectivity index (χ4v) is 3.94. The smallest absolute Gasteiger partial charge is 0.157 e. The first-order valence-electron chi connectivity index (χ1n) is 9.55. The van der Waals surface area contributed by atoms with Gasteiger partial charge in [-0.15, -0.1) is 0 Å². The van der Waals surface area contributed by atoms with Gasteiger partial charge in [0.1, 0.15) is 5.82 Å². The Kier molecular flexibility index (Phi) is 4.89. The second-order valence-electron chi connectivity index (χ2n) is 6.85. The number of hydrogen-bond donors (Lipinski definition) is 0. The number of rotatable bonds is 7. The summed E-state index contributed by atoms with van der Waals surface area (Å²) in [7, 11) is 0. The molecule has 2 aromatic heterocycles. The van der Waals surface area contributed by atoms with Gasteiger partial charge in [0, 0.05) is 24.2 Å². The molecule has 3 aromatic rings. The van der Waals surface area contributed by atoms with Crippen molar-refractivity contribution in [1.29, 1.82) is 0 Å². The highest BCUT2D eigenvalue weighted by atomic mass is 16.5. The molecule has 0 bridgehead atoms. The van der Waals surface area contributed by atoms with E-state index in [1.54, 1.807) is 0 Å². The third-order valence-electron chi connectivity index (χ3n) is 5.30. The van der Waals surface area contributed by atoms with Gasteiger partial charge in [-0.3, -0.25) is 0 Å². The summed E-state index contributed by atoms with van der Waals surface area (Å²) >= 11 is 0. The molecule has 1 aliphatic rings. The van der Waals surface area contributed by atoms with Crippen molar-refractivity contribution >= 4 is 11.5 Å². The third kappa shape index (κ3) is 3.07. The molecule has 26 heavy (non-hydrogen) atoms. The molecule has 0 fully saturated rings. The van der Waals surface area contributed by atoms with Crippen LogP contribution in [0, 0.1) is 0 Å². The highest BCUT2D eigenvalue weighted by Crippen LogP contribution is 2.33. The van der Waals surface area contributed by atoms with Crippen LogP contribution in [-0.4, -0.2) is 27.2 Å². The maximum Gasteiger partial charge on any atom is 0.157 e. The van der Waals surface area contributed by atoms with E-state index in [0.29, 0.717) is 19.3 Å². The van der Waals surface area contributed by atoms with Gasteiger partial charge in [0.15, 0.2) is 5.65 Å². The Bertz CT molecular complexity index is 870. The maximum absolute atomic E-state index is 5.99. The topological polar surface area (TPSA) is 42.7 Å². The minimum absolute atomic E-state index is 0.537. The van der Waals surface area contributed by atoms with Gasteiger partial charge < -0.3 is 9.64 Å². The van der Waals surface area contributed by atoms with Crippen LogP contribution in [0.4, 0.5) is 5.82 Å². The Balaban J connectivity index is 1.62. The van der Waals surface area contributed by atoms with Gasteiger partial charge in [-0.1, -0.05) is 44.2 Å². The van der Waals surface area contributed by atoms with Gasteiger partial charge in [-0.05, 0) is 24.8 Å². The van der Waals surface area contributed by atoms with Crippen molar-refractivity contribution in [2.24, 2.45) is 0 Å². The van der Waals surface area contributed by atoms with E-state index in [9.17, 15) is 0 Å². The molecule has 1 aromatic carbocycles. The lowest BCUT2D eigenvalue weighted by molar-refractivity contribution is 0.104. The first kappa shape index (κ1) is 17.0. The molecule has 3 heterocycles. The van der Waals surface area contributed by atoms with Crippen molar-refractivity contribution < 1.29 is 4.74 Å². The summed E-state index contributed by atoms with van der Waals surface area (Å²) in [4.78, 5) is 7.34. The van der Waals surface area contributed by atoms with Crippen LogP contribution < -0.4 is 4.90 Å². The van der Waals surface area contributed by atoms with Crippen molar-refractivity contribution in [1.82, 2.24) is 14.6 Å². The van der Waals surface area contributed by atoms with Gasteiger partial charge in [-0.25, -0.2) is 4.98 Å². The van der Waals surface area contributed by atoms with Crippen LogP contribution in [0.15, 0.2) is 42.6 Å². The molecular weight excluding hydrogens is 324 g/mol. The van der Waals surface area contributed by atoms with Crippen LogP contribution in [-0.2, 0) is 24.4 Å². The normalized spacial score (nSPS) is 13.7. The van der Waals surface area contributed by atoms with E-state index in [1.165, 1.54) is 16.9 Å². The Morgan fingerprint density at radius 3 is 2.65 bits per heavy atom. The first-order valence-corrected chi connectivity index (χ1v) is 9.55. The van der Waals surface area contributed by atoms with Crippen LogP contribution in [0.25, 0.3) is 5.65 Å². The van der Waals surface area contributed by atoms with E-state index in [-0.39, 0.29) is 0 Å². The van der Waals surface area contributed by atoms with E-state index < -0.39 is 0 Å². The molecule has 0 amide bonds. The van der Waals surface area contributed by atoms with E-state index >= 15 is 0 Å². The number of anilines is 1. The van der Waals surface area contributed by atoms with Gasteiger partial charge in [0.2, 0.25) is 0 Å². The summed E-state index contributed by atoms with van der Waals surface area (Å²) in [5.74, 6) is 1.21. The average molecular weight is 350 g/mol. The molecule has 0 atom stereocenters. The Labute approximate surface area is 154 Å². The van der Waals surface area contributed by atoms with Gasteiger partial charge in [-0.2, -0.15) is 9.61 Å². The highest BCUT2D eigenvalue weighted by molar-refractivity contribution is 5.60. The summed E-state index contributed by atoms with van der Waals surface area (Å²) in [6.07, 6.45) is 5.13. The second kappa shape index (κ2) is 7.46. The van der Waals surface area contributed by atoms with Gasteiger partial charge in [0.05, 0.1) is 25.1 Å². The number of nitrogens with zero attached hydrogens (tertiary/aromatic N) is 4. The predicted molar refractivity (Wildman–Crippen MR) is 103 cm³/mol. The number of aromatic nitrogens is 3. The molecule has 136 valence electrons. The van der Waals surface area contributed by atoms with E-state index in [4.69, 9.17) is 9.72 Å². The molecule has 1 aliphatic heterocycles. The fourth-order valence-electron chi connectivity index (χ4n) is 3.94. The van der Waals surface area contributed by atoms with Crippen molar-refractivity contribution in [3.8, 4) is 0 Å². The molecule has 0 spiro atoms. The zero-order valence-electron chi connectivity index (χ0n) is 15.6. The quantitative estimate of drug-likeness (QED) is 0.646. The monoisotopic (exact) mass is 350 g/mol. The zero-order valence-corrected chi connectivity index (χ0v) is 15.6. The lowest BCUT2D eigenvalue weighted by Gasteiger charge is -2.28. The van der Waals surface area contributed by atoms with Crippen molar-refractivity contribution in [2.75, 3.05) is 11.4 Å². The largest absolute Gasteiger partial charge is 0.370 e. The van der Waals surface area contributed by atoms with Crippen LogP contribution in [0.5, 0.6) is 0 Å². The molecular formula is C21H26N4O. The number of fused-ring (bicyclic) bond motifs is 3. The number of hydrogen-bond acceptors (Lipinski definition) is 4. The highest BCUT2D eigenvalue weighted by Gasteiger charge is 2.30. The molecule has 0 radical (unpaired) electrons. The molecule has 0 unspecified atom stereocenters. The molecule has 5 heteroatoms. The van der Waals surface area contributed by atoms with E-state index in [1.807, 2.05) is 35.0 Å². The van der Waals surface area contributed by atoms with Crippen LogP contribution >= 0.6 is 0 Å². The van der Waals surface area contributed by atoms with Crippen molar-refractivity contribution in [2.45, 2.75) is 52.4 Å². The lowest BCUT2D eigenvalue weighted by Crippen LogP contribution is -2.34. The van der Waals surface area contributed by atoms with Crippen molar-refractivity contribution in [3.63, 3.8) is 0 Å². The standard InChI is InChI=1S/C21H26N4O/c1-3-17(4-2)24-13-11-18-19(15-26-14-16-8-6-5-7-9-16)23-20-10-12-22-25(20)21(18)24/h5-10,12,17H,3-4,11,13-15H2,1-2H3. The third-order valence-corrected chi connectivity index (χ3v) is 5.30. The second-order valence-corrected chi connectivity index (χ2v) is 6.85. The lowest BCUT2D eigenvalue weighted by atomic mass is 10.1. The average Bonchev–Trinajstić information content (AvgIpc) is 3.30. The summed E-state index contributed by atoms with van der Waals surface area (Å²) in [6.45, 7) is 6.71. The number of benzene rings is 1. The minimum atomic E-state index is 0.537. The fraction of sp³-hybridized carbons (Fsp3) is 0.429. The molecule has 0 saturated carbocycles. The van der Waals surface area contributed by atoms with E-state index in [0.717, 1.165) is 37.1 Å². The summed E-state index contributed by atoms with van der Waals surface area (Å²) < 4.78 is 8.00. The van der Waals surface area contributed by atoms with Crippen molar-refractivity contribution in [3.05, 3.63) is 59.4 Å². The first-order chi connectivity index (χ1) is 12.8. The summed E-state index contributed by atoms with van der Waals surface area (Å²) in [6, 6.07) is 12.8. The summed E-state index contributed by atoms with van der Waals surface area (Å²) in [5, 5.41) is 4.53. The maximum atomic E-state index is 5.99. The van der Waals surface area contributed by atoms with Gasteiger partial charge >= 0.3 is 0 Å². The zero-order chi connectivity index (χ0) is 17.9. The van der Waals surface area contributed by atoms with Crippen LogP contribution in [0.3, 0.4) is 0 Å². The molecule has 0 aliphatic carbocycles. The molecule has 0 N–H and O–H groups in total. The molecule has 0 saturated heterocycles. The predicted octanol–water partition coefficient (Wildman–Crippen LogP) is 4.00. The molecule has 4 rings (SSSR count). The number of ether oxygens (including phenoxy) is 1. The van der Waals surface area contributed by atoms with Gasteiger partial charge in [0.25, 0.3) is 0 Å². The Morgan fingerprint density at radius 2 is 1.88 bits per heavy atom. The SMILES string of the molecule is CCC(CC)N1CCc2c(COCc3ccccc3)nc3ccnn3c21. The Hall–Kier alpha value is -2.40. The Morgan fingerprint density at radius 1 is 1.08 bits per heavy atom. The van der Waals surface area contributed by atoms with Crippen LogP contribution in [0.2, 0.25) is 0 Å². The minimum Gasteiger partial charge on any atom is -0.370 e. The van der Waals surface area contributed by atoms with Crippen LogP contribution in [0.1, 0.15) is 43.5 Å².